The summed E-state index contributed by atoms with van der Waals surface area (Å²) in [6.07, 6.45) is 4.19. The third-order valence-corrected chi connectivity index (χ3v) is 6.27. The van der Waals surface area contributed by atoms with E-state index < -0.39 is 5.60 Å². The quantitative estimate of drug-likeness (QED) is 0.768. The van der Waals surface area contributed by atoms with Crippen LogP contribution in [0.4, 0.5) is 11.4 Å². The molecule has 26 heavy (non-hydrogen) atoms. The molecule has 1 aromatic rings. The van der Waals surface area contributed by atoms with Crippen LogP contribution in [0.25, 0.3) is 0 Å². The molecule has 2 aliphatic rings. The number of benzene rings is 1. The number of nitrogens with zero attached hydrogens (tertiary/aromatic N) is 2. The minimum absolute atomic E-state index is 0.166. The van der Waals surface area contributed by atoms with E-state index in [0.29, 0.717) is 11.8 Å². The van der Waals surface area contributed by atoms with Gasteiger partial charge in [0.15, 0.2) is 0 Å². The van der Waals surface area contributed by atoms with Gasteiger partial charge in [-0.25, -0.2) is 0 Å². The van der Waals surface area contributed by atoms with Crippen LogP contribution in [0, 0.1) is 5.92 Å². The van der Waals surface area contributed by atoms with Crippen LogP contribution in [0.15, 0.2) is 30.6 Å². The van der Waals surface area contributed by atoms with E-state index in [0.717, 1.165) is 38.2 Å². The second-order valence-electron chi connectivity index (χ2n) is 8.86. The zero-order valence-electron chi connectivity index (χ0n) is 16.8. The molecule has 3 unspecified atom stereocenters. The average Bonchev–Trinajstić information content (AvgIpc) is 2.86. The molecule has 144 valence electrons. The SMILES string of the molecule is C=C1N(CCC(C)CCC(N)C(C)(C)O)c2cccc3c2N1CCC3C. The van der Waals surface area contributed by atoms with E-state index >= 15 is 0 Å². The topological polar surface area (TPSA) is 52.7 Å². The predicted molar refractivity (Wildman–Crippen MR) is 111 cm³/mol. The van der Waals surface area contributed by atoms with Gasteiger partial charge in [-0.15, -0.1) is 0 Å². The Labute approximate surface area is 158 Å². The molecule has 0 saturated carbocycles. The van der Waals surface area contributed by atoms with Crippen molar-refractivity contribution in [1.29, 1.82) is 0 Å². The summed E-state index contributed by atoms with van der Waals surface area (Å²) >= 11 is 0. The third kappa shape index (κ3) is 3.63. The van der Waals surface area contributed by atoms with E-state index in [-0.39, 0.29) is 6.04 Å². The van der Waals surface area contributed by atoms with Crippen LogP contribution in [-0.4, -0.2) is 29.8 Å². The largest absolute Gasteiger partial charge is 0.389 e. The van der Waals surface area contributed by atoms with Gasteiger partial charge in [-0.2, -0.15) is 0 Å². The lowest BCUT2D eigenvalue weighted by Crippen LogP contribution is -2.43. The average molecular weight is 358 g/mol. The van der Waals surface area contributed by atoms with Crippen molar-refractivity contribution in [1.82, 2.24) is 0 Å². The molecular weight excluding hydrogens is 322 g/mol. The van der Waals surface area contributed by atoms with Crippen LogP contribution >= 0.6 is 0 Å². The number of rotatable bonds is 7. The Morgan fingerprint density at radius 2 is 2.04 bits per heavy atom. The van der Waals surface area contributed by atoms with Crippen LogP contribution in [0.3, 0.4) is 0 Å². The first-order chi connectivity index (χ1) is 12.2. The first kappa shape index (κ1) is 19.2. The van der Waals surface area contributed by atoms with E-state index in [1.165, 1.54) is 23.4 Å². The summed E-state index contributed by atoms with van der Waals surface area (Å²) in [5.74, 6) is 2.32. The fourth-order valence-corrected chi connectivity index (χ4v) is 4.15. The van der Waals surface area contributed by atoms with Crippen molar-refractivity contribution in [3.05, 3.63) is 36.2 Å². The Hall–Kier alpha value is -1.52. The van der Waals surface area contributed by atoms with Crippen LogP contribution in [-0.2, 0) is 0 Å². The van der Waals surface area contributed by atoms with Gasteiger partial charge in [0.05, 0.1) is 17.0 Å². The van der Waals surface area contributed by atoms with Crippen LogP contribution in [0.1, 0.15) is 64.9 Å². The van der Waals surface area contributed by atoms with Crippen molar-refractivity contribution in [2.45, 2.75) is 70.9 Å². The van der Waals surface area contributed by atoms with Gasteiger partial charge in [0.1, 0.15) is 5.82 Å². The Morgan fingerprint density at radius 1 is 1.31 bits per heavy atom. The number of aliphatic hydroxyl groups is 1. The molecule has 3 atom stereocenters. The molecule has 0 bridgehead atoms. The Balaban J connectivity index is 1.63. The van der Waals surface area contributed by atoms with Crippen molar-refractivity contribution in [2.75, 3.05) is 22.9 Å². The fraction of sp³-hybridized carbons (Fsp3) is 0.636. The molecule has 0 aliphatic carbocycles. The number of anilines is 2. The standard InChI is InChI=1S/C22H35N3O/c1-15(9-10-20(23)22(4,5)26)11-13-24-17(3)25-14-12-16(2)18-7-6-8-19(24)21(18)25/h6-8,15-16,20,26H,3,9-14,23H2,1-2,4-5H3. The van der Waals surface area contributed by atoms with Gasteiger partial charge in [0.25, 0.3) is 0 Å². The number of hydrogen-bond donors (Lipinski definition) is 2. The maximum atomic E-state index is 10.0. The highest BCUT2D eigenvalue weighted by atomic mass is 16.3. The fourth-order valence-electron chi connectivity index (χ4n) is 4.15. The van der Waals surface area contributed by atoms with Gasteiger partial charge in [-0.3, -0.25) is 0 Å². The Bertz CT molecular complexity index is 664. The highest BCUT2D eigenvalue weighted by molar-refractivity contribution is 5.86. The first-order valence-corrected chi connectivity index (χ1v) is 10.0. The molecule has 2 heterocycles. The molecule has 4 nitrogen and oxygen atoms in total. The van der Waals surface area contributed by atoms with Crippen LogP contribution in [0.2, 0.25) is 0 Å². The van der Waals surface area contributed by atoms with Crippen molar-refractivity contribution in [3.63, 3.8) is 0 Å². The number of nitrogens with two attached hydrogens (primary N) is 1. The first-order valence-electron chi connectivity index (χ1n) is 10.0. The molecule has 4 heteroatoms. The van der Waals surface area contributed by atoms with E-state index in [4.69, 9.17) is 5.73 Å². The molecule has 0 radical (unpaired) electrons. The van der Waals surface area contributed by atoms with Crippen LogP contribution < -0.4 is 15.5 Å². The predicted octanol–water partition coefficient (Wildman–Crippen LogP) is 4.20. The molecule has 2 aliphatic heterocycles. The highest BCUT2D eigenvalue weighted by Gasteiger charge is 2.35. The summed E-state index contributed by atoms with van der Waals surface area (Å²) in [6.45, 7) is 14.6. The lowest BCUT2D eigenvalue weighted by molar-refractivity contribution is 0.0470. The summed E-state index contributed by atoms with van der Waals surface area (Å²) in [5, 5.41) is 10.0. The third-order valence-electron chi connectivity index (χ3n) is 6.27. The van der Waals surface area contributed by atoms with E-state index in [2.05, 4.69) is 48.4 Å². The smallest absolute Gasteiger partial charge is 0.106 e. The van der Waals surface area contributed by atoms with Gasteiger partial charge in [-0.05, 0) is 63.0 Å². The van der Waals surface area contributed by atoms with Crippen molar-refractivity contribution in [2.24, 2.45) is 11.7 Å². The summed E-state index contributed by atoms with van der Waals surface area (Å²) in [5.41, 5.74) is 9.45. The molecule has 3 rings (SSSR count). The molecule has 0 saturated heterocycles. The summed E-state index contributed by atoms with van der Waals surface area (Å²) in [6, 6.07) is 6.52. The van der Waals surface area contributed by atoms with Gasteiger partial charge < -0.3 is 20.6 Å². The van der Waals surface area contributed by atoms with Crippen LogP contribution in [0.5, 0.6) is 0 Å². The zero-order valence-corrected chi connectivity index (χ0v) is 16.8. The van der Waals surface area contributed by atoms with E-state index in [9.17, 15) is 5.11 Å². The maximum absolute atomic E-state index is 10.0. The second-order valence-corrected chi connectivity index (χ2v) is 8.86. The minimum atomic E-state index is -0.801. The molecule has 0 spiro atoms. The van der Waals surface area contributed by atoms with E-state index in [1.54, 1.807) is 13.8 Å². The normalized spacial score (nSPS) is 21.8. The second kappa shape index (κ2) is 7.24. The highest BCUT2D eigenvalue weighted by Crippen LogP contribution is 2.49. The molecule has 0 fully saturated rings. The lowest BCUT2D eigenvalue weighted by Gasteiger charge is -2.31. The summed E-state index contributed by atoms with van der Waals surface area (Å²) in [7, 11) is 0. The van der Waals surface area contributed by atoms with Gasteiger partial charge in [0.2, 0.25) is 0 Å². The molecule has 1 aromatic carbocycles. The van der Waals surface area contributed by atoms with Crippen molar-refractivity contribution < 1.29 is 5.11 Å². The molecular formula is C22H35N3O. The lowest BCUT2D eigenvalue weighted by atomic mass is 9.91. The monoisotopic (exact) mass is 357 g/mol. The maximum Gasteiger partial charge on any atom is 0.106 e. The Kier molecular flexibility index (Phi) is 5.36. The van der Waals surface area contributed by atoms with Gasteiger partial charge in [0, 0.05) is 19.1 Å². The number of para-hydroxylation sites is 1. The van der Waals surface area contributed by atoms with Gasteiger partial charge >= 0.3 is 0 Å². The molecule has 0 amide bonds. The minimum Gasteiger partial charge on any atom is -0.389 e. The zero-order chi connectivity index (χ0) is 19.1. The van der Waals surface area contributed by atoms with E-state index in [1.807, 2.05) is 0 Å². The van der Waals surface area contributed by atoms with Gasteiger partial charge in [-0.1, -0.05) is 32.6 Å². The summed E-state index contributed by atoms with van der Waals surface area (Å²) < 4.78 is 0. The number of hydrogen-bond acceptors (Lipinski definition) is 4. The van der Waals surface area contributed by atoms with Crippen molar-refractivity contribution >= 4 is 11.4 Å². The Morgan fingerprint density at radius 3 is 2.73 bits per heavy atom. The molecule has 0 aromatic heterocycles. The summed E-state index contributed by atoms with van der Waals surface area (Å²) in [4.78, 5) is 4.79. The van der Waals surface area contributed by atoms with Crippen molar-refractivity contribution in [3.8, 4) is 0 Å². The molecule has 3 N–H and O–H groups in total.